The van der Waals surface area contributed by atoms with E-state index in [4.69, 9.17) is 0 Å². The maximum Gasteiger partial charge on any atom is 0.320 e. The van der Waals surface area contributed by atoms with Crippen LogP contribution in [0.25, 0.3) is 0 Å². The van der Waals surface area contributed by atoms with Gasteiger partial charge in [0.05, 0.1) is 5.69 Å². The predicted molar refractivity (Wildman–Crippen MR) is 84.4 cm³/mol. The van der Waals surface area contributed by atoms with Crippen LogP contribution in [0, 0.1) is 6.92 Å². The molecular formula is C15H27N5O. The number of urea groups is 1. The summed E-state index contributed by atoms with van der Waals surface area (Å²) in [6.45, 7) is 8.15. The number of carbonyl (C=O) groups is 1. The van der Waals surface area contributed by atoms with E-state index >= 15 is 0 Å². The second-order valence-corrected chi connectivity index (χ2v) is 6.06. The molecule has 2 heterocycles. The largest absolute Gasteiger partial charge is 0.336 e. The second-order valence-electron chi connectivity index (χ2n) is 6.06. The molecule has 2 unspecified atom stereocenters. The number of nitrogens with zero attached hydrogens (tertiary/aromatic N) is 3. The highest BCUT2D eigenvalue weighted by atomic mass is 16.2. The number of hydrogen-bond acceptors (Lipinski definition) is 3. The molecule has 0 aromatic carbocycles. The van der Waals surface area contributed by atoms with Gasteiger partial charge in [-0.05, 0) is 40.2 Å². The van der Waals surface area contributed by atoms with Crippen molar-refractivity contribution in [2.75, 3.05) is 18.4 Å². The summed E-state index contributed by atoms with van der Waals surface area (Å²) in [6.07, 6.45) is 3.83. The van der Waals surface area contributed by atoms with Crippen molar-refractivity contribution in [2.45, 2.75) is 52.1 Å². The monoisotopic (exact) mass is 293 g/mol. The standard InChI is InChI=1S/C15H27N5O/c1-11-9-14(19(4)18-11)17-15(21)16-10-13(3)20-8-6-5-7-12(20)2/h9,12-13H,5-8,10H2,1-4H3,(H2,16,17,21). The molecule has 1 saturated heterocycles. The van der Waals surface area contributed by atoms with Crippen molar-refractivity contribution in [3.05, 3.63) is 11.8 Å². The van der Waals surface area contributed by atoms with Gasteiger partial charge >= 0.3 is 6.03 Å². The lowest BCUT2D eigenvalue weighted by atomic mass is 10.0. The van der Waals surface area contributed by atoms with E-state index in [1.165, 1.54) is 19.3 Å². The molecule has 0 bridgehead atoms. The smallest absolute Gasteiger partial charge is 0.320 e. The summed E-state index contributed by atoms with van der Waals surface area (Å²) in [5.41, 5.74) is 0.892. The second kappa shape index (κ2) is 6.93. The zero-order chi connectivity index (χ0) is 15.4. The quantitative estimate of drug-likeness (QED) is 0.894. The van der Waals surface area contributed by atoms with E-state index in [2.05, 4.69) is 34.5 Å². The van der Waals surface area contributed by atoms with Crippen molar-refractivity contribution in [1.29, 1.82) is 0 Å². The van der Waals surface area contributed by atoms with E-state index in [1.54, 1.807) is 4.68 Å². The first-order chi connectivity index (χ1) is 9.97. The normalized spacial score (nSPS) is 21.0. The van der Waals surface area contributed by atoms with Gasteiger partial charge in [-0.25, -0.2) is 4.79 Å². The number of aryl methyl sites for hydroxylation is 2. The molecule has 1 aromatic heterocycles. The lowest BCUT2D eigenvalue weighted by molar-refractivity contribution is 0.114. The van der Waals surface area contributed by atoms with Crippen molar-refractivity contribution >= 4 is 11.8 Å². The van der Waals surface area contributed by atoms with Crippen LogP contribution in [0.3, 0.4) is 0 Å². The highest BCUT2D eigenvalue weighted by Crippen LogP contribution is 2.18. The molecular weight excluding hydrogens is 266 g/mol. The Hall–Kier alpha value is -1.56. The third-order valence-corrected chi connectivity index (χ3v) is 4.22. The van der Waals surface area contributed by atoms with Gasteiger partial charge in [0.1, 0.15) is 5.82 Å². The van der Waals surface area contributed by atoms with Crippen LogP contribution in [0.15, 0.2) is 6.07 Å². The molecule has 1 fully saturated rings. The summed E-state index contributed by atoms with van der Waals surface area (Å²) in [4.78, 5) is 14.4. The summed E-state index contributed by atoms with van der Waals surface area (Å²) in [5.74, 6) is 0.712. The predicted octanol–water partition coefficient (Wildman–Crippen LogP) is 2.11. The molecule has 2 N–H and O–H groups in total. The fraction of sp³-hybridized carbons (Fsp3) is 0.733. The summed E-state index contributed by atoms with van der Waals surface area (Å²) < 4.78 is 1.67. The molecule has 6 nitrogen and oxygen atoms in total. The van der Waals surface area contributed by atoms with Crippen molar-refractivity contribution in [3.63, 3.8) is 0 Å². The fourth-order valence-corrected chi connectivity index (χ4v) is 3.02. The van der Waals surface area contributed by atoms with Crippen molar-refractivity contribution < 1.29 is 4.79 Å². The first kappa shape index (κ1) is 15.8. The molecule has 6 heteroatoms. The van der Waals surface area contributed by atoms with E-state index in [-0.39, 0.29) is 6.03 Å². The third kappa shape index (κ3) is 4.20. The van der Waals surface area contributed by atoms with E-state index < -0.39 is 0 Å². The number of amides is 2. The number of aromatic nitrogens is 2. The van der Waals surface area contributed by atoms with Crippen LogP contribution in [0.5, 0.6) is 0 Å². The van der Waals surface area contributed by atoms with Crippen LogP contribution in [0.1, 0.15) is 38.8 Å². The highest BCUT2D eigenvalue weighted by Gasteiger charge is 2.23. The van der Waals surface area contributed by atoms with Crippen molar-refractivity contribution in [1.82, 2.24) is 20.0 Å². The number of carbonyl (C=O) groups excluding carboxylic acids is 1. The van der Waals surface area contributed by atoms with Crippen LogP contribution in [0.4, 0.5) is 10.6 Å². The minimum atomic E-state index is -0.172. The van der Waals surface area contributed by atoms with Gasteiger partial charge in [-0.3, -0.25) is 14.9 Å². The van der Waals surface area contributed by atoms with Crippen LogP contribution in [0.2, 0.25) is 0 Å². The summed E-state index contributed by atoms with van der Waals surface area (Å²) in [5, 5.41) is 9.99. The maximum atomic E-state index is 12.0. The van der Waals surface area contributed by atoms with Gasteiger partial charge in [0.25, 0.3) is 0 Å². The SMILES string of the molecule is Cc1cc(NC(=O)NCC(C)N2CCCCC2C)n(C)n1. The number of hydrogen-bond donors (Lipinski definition) is 2. The molecule has 2 rings (SSSR count). The Bertz CT molecular complexity index is 484. The van der Waals surface area contributed by atoms with E-state index in [1.807, 2.05) is 20.0 Å². The molecule has 0 aliphatic carbocycles. The topological polar surface area (TPSA) is 62.2 Å². The Morgan fingerprint density at radius 2 is 2.29 bits per heavy atom. The van der Waals surface area contributed by atoms with Crippen LogP contribution in [-0.2, 0) is 7.05 Å². The molecule has 2 atom stereocenters. The first-order valence-electron chi connectivity index (χ1n) is 7.78. The lowest BCUT2D eigenvalue weighted by Gasteiger charge is -2.38. The van der Waals surface area contributed by atoms with Crippen molar-refractivity contribution in [2.24, 2.45) is 7.05 Å². The average molecular weight is 293 g/mol. The summed E-state index contributed by atoms with van der Waals surface area (Å²) in [7, 11) is 1.82. The number of likely N-dealkylation sites (tertiary alicyclic amines) is 1. The summed E-state index contributed by atoms with van der Waals surface area (Å²) in [6, 6.07) is 2.66. The van der Waals surface area contributed by atoms with Crippen LogP contribution in [-0.4, -0.2) is 45.9 Å². The van der Waals surface area contributed by atoms with Crippen molar-refractivity contribution in [3.8, 4) is 0 Å². The van der Waals surface area contributed by atoms with Gasteiger partial charge in [-0.2, -0.15) is 5.10 Å². The first-order valence-corrected chi connectivity index (χ1v) is 7.78. The molecule has 1 aromatic rings. The average Bonchev–Trinajstić information content (AvgIpc) is 2.74. The van der Waals surface area contributed by atoms with E-state index in [9.17, 15) is 4.79 Å². The molecule has 0 saturated carbocycles. The fourth-order valence-electron chi connectivity index (χ4n) is 3.02. The van der Waals surface area contributed by atoms with Gasteiger partial charge in [0.15, 0.2) is 0 Å². The number of piperidine rings is 1. The Morgan fingerprint density at radius 1 is 1.52 bits per heavy atom. The molecule has 118 valence electrons. The molecule has 2 amide bonds. The van der Waals surface area contributed by atoms with Crippen LogP contribution >= 0.6 is 0 Å². The zero-order valence-corrected chi connectivity index (χ0v) is 13.5. The van der Waals surface area contributed by atoms with E-state index in [0.717, 1.165) is 12.2 Å². The lowest BCUT2D eigenvalue weighted by Crippen LogP contribution is -2.49. The van der Waals surface area contributed by atoms with E-state index in [0.29, 0.717) is 24.4 Å². The zero-order valence-electron chi connectivity index (χ0n) is 13.5. The minimum Gasteiger partial charge on any atom is -0.336 e. The Kier molecular flexibility index (Phi) is 5.22. The van der Waals surface area contributed by atoms with Gasteiger partial charge < -0.3 is 5.32 Å². The maximum absolute atomic E-state index is 12.0. The number of anilines is 1. The molecule has 21 heavy (non-hydrogen) atoms. The van der Waals surface area contributed by atoms with Gasteiger partial charge in [0, 0.05) is 31.7 Å². The molecule has 1 aliphatic heterocycles. The third-order valence-electron chi connectivity index (χ3n) is 4.22. The Labute approximate surface area is 126 Å². The molecule has 0 spiro atoms. The van der Waals surface area contributed by atoms with Gasteiger partial charge in [-0.15, -0.1) is 0 Å². The summed E-state index contributed by atoms with van der Waals surface area (Å²) >= 11 is 0. The molecule has 0 radical (unpaired) electrons. The minimum absolute atomic E-state index is 0.172. The Morgan fingerprint density at radius 3 is 2.90 bits per heavy atom. The number of rotatable bonds is 4. The van der Waals surface area contributed by atoms with Gasteiger partial charge in [0.2, 0.25) is 0 Å². The Balaban J connectivity index is 1.79. The number of nitrogens with one attached hydrogen (secondary N) is 2. The van der Waals surface area contributed by atoms with Crippen LogP contribution < -0.4 is 10.6 Å². The van der Waals surface area contributed by atoms with Gasteiger partial charge in [-0.1, -0.05) is 6.42 Å². The molecule has 1 aliphatic rings. The highest BCUT2D eigenvalue weighted by molar-refractivity contribution is 5.88.